The lowest BCUT2D eigenvalue weighted by atomic mass is 10.2. The number of amides is 1. The molecule has 1 N–H and O–H groups in total. The number of rotatable bonds is 6. The Balaban J connectivity index is 1.82. The third kappa shape index (κ3) is 5.54. The van der Waals surface area contributed by atoms with Crippen LogP contribution in [0.25, 0.3) is 0 Å². The fraction of sp³-hybridized carbons (Fsp3) is 0.0952. The van der Waals surface area contributed by atoms with E-state index in [0.717, 1.165) is 16.4 Å². The Bertz CT molecular complexity index is 1180. The molecule has 0 aromatic heterocycles. The summed E-state index contributed by atoms with van der Waals surface area (Å²) in [5, 5.41) is 2.43. The molecule has 0 saturated heterocycles. The van der Waals surface area contributed by atoms with Gasteiger partial charge < -0.3 is 10.1 Å². The number of ether oxygens (including phenoxy) is 1. The van der Waals surface area contributed by atoms with Crippen molar-refractivity contribution >= 4 is 27.3 Å². The zero-order valence-corrected chi connectivity index (χ0v) is 16.9. The summed E-state index contributed by atoms with van der Waals surface area (Å²) in [5.41, 5.74) is 0.518. The van der Waals surface area contributed by atoms with Crippen molar-refractivity contribution in [3.05, 3.63) is 84.4 Å². The SMILES string of the molecule is CN(c1ccccc1)S(=O)(=O)c1cccc(C(=O)Nc2cccc(OC(F)(F)F)c2)c1. The molecule has 0 aliphatic rings. The van der Waals surface area contributed by atoms with Crippen molar-refractivity contribution in [3.8, 4) is 5.75 Å². The van der Waals surface area contributed by atoms with Gasteiger partial charge in [-0.1, -0.05) is 30.3 Å². The molecule has 0 bridgehead atoms. The number of nitrogens with zero attached hydrogens (tertiary/aromatic N) is 1. The third-order valence-corrected chi connectivity index (χ3v) is 5.98. The highest BCUT2D eigenvalue weighted by Gasteiger charge is 2.31. The van der Waals surface area contributed by atoms with Crippen LogP contribution in [-0.2, 0) is 10.0 Å². The lowest BCUT2D eigenvalue weighted by Gasteiger charge is -2.19. The second-order valence-corrected chi connectivity index (χ2v) is 8.33. The summed E-state index contributed by atoms with van der Waals surface area (Å²) in [4.78, 5) is 12.4. The number of sulfonamides is 1. The molecule has 0 saturated carbocycles. The molecule has 3 aromatic carbocycles. The number of anilines is 2. The van der Waals surface area contributed by atoms with Gasteiger partial charge in [-0.3, -0.25) is 9.10 Å². The molecule has 0 spiro atoms. The first-order valence-corrected chi connectivity index (χ1v) is 10.3. The summed E-state index contributed by atoms with van der Waals surface area (Å²) < 4.78 is 67.9. The minimum Gasteiger partial charge on any atom is -0.406 e. The van der Waals surface area contributed by atoms with Gasteiger partial charge in [0.25, 0.3) is 15.9 Å². The highest BCUT2D eigenvalue weighted by molar-refractivity contribution is 7.92. The summed E-state index contributed by atoms with van der Waals surface area (Å²) >= 11 is 0. The van der Waals surface area contributed by atoms with E-state index < -0.39 is 28.0 Å². The van der Waals surface area contributed by atoms with Crippen LogP contribution >= 0.6 is 0 Å². The first kappa shape index (κ1) is 22.2. The summed E-state index contributed by atoms with van der Waals surface area (Å²) in [6, 6.07) is 18.5. The first-order chi connectivity index (χ1) is 14.6. The molecule has 0 radical (unpaired) electrons. The summed E-state index contributed by atoms with van der Waals surface area (Å²) in [5.74, 6) is -1.19. The monoisotopic (exact) mass is 450 g/mol. The van der Waals surface area contributed by atoms with Gasteiger partial charge in [0, 0.05) is 24.4 Å². The van der Waals surface area contributed by atoms with E-state index in [1.54, 1.807) is 30.3 Å². The molecule has 3 aromatic rings. The third-order valence-electron chi connectivity index (χ3n) is 4.20. The lowest BCUT2D eigenvalue weighted by Crippen LogP contribution is -2.26. The minimum absolute atomic E-state index is 0.0182. The Morgan fingerprint density at radius 1 is 0.935 bits per heavy atom. The van der Waals surface area contributed by atoms with Crippen LogP contribution in [0.4, 0.5) is 24.5 Å². The maximum atomic E-state index is 12.9. The molecule has 0 aliphatic heterocycles. The van der Waals surface area contributed by atoms with Crippen LogP contribution in [0.1, 0.15) is 10.4 Å². The van der Waals surface area contributed by atoms with Crippen molar-refractivity contribution in [1.82, 2.24) is 0 Å². The van der Waals surface area contributed by atoms with Crippen LogP contribution in [0, 0.1) is 0 Å². The number of nitrogens with one attached hydrogen (secondary N) is 1. The molecule has 0 atom stereocenters. The van der Waals surface area contributed by atoms with Crippen LogP contribution in [0.5, 0.6) is 5.75 Å². The Morgan fingerprint density at radius 2 is 1.61 bits per heavy atom. The highest BCUT2D eigenvalue weighted by Crippen LogP contribution is 2.26. The van der Waals surface area contributed by atoms with E-state index in [4.69, 9.17) is 0 Å². The van der Waals surface area contributed by atoms with Crippen molar-refractivity contribution < 1.29 is 31.1 Å². The maximum absolute atomic E-state index is 12.9. The zero-order chi connectivity index (χ0) is 22.6. The van der Waals surface area contributed by atoms with Gasteiger partial charge in [0.05, 0.1) is 10.6 Å². The van der Waals surface area contributed by atoms with Crippen LogP contribution in [0.3, 0.4) is 0 Å². The number of hydrogen-bond acceptors (Lipinski definition) is 4. The fourth-order valence-corrected chi connectivity index (χ4v) is 3.95. The number of alkyl halides is 3. The Kier molecular flexibility index (Phi) is 6.21. The van der Waals surface area contributed by atoms with E-state index >= 15 is 0 Å². The first-order valence-electron chi connectivity index (χ1n) is 8.87. The quantitative estimate of drug-likeness (QED) is 0.593. The van der Waals surface area contributed by atoms with Gasteiger partial charge in [0.15, 0.2) is 0 Å². The smallest absolute Gasteiger partial charge is 0.406 e. The second-order valence-electron chi connectivity index (χ2n) is 6.37. The number of hydrogen-bond donors (Lipinski definition) is 1. The van der Waals surface area contributed by atoms with Crippen molar-refractivity contribution in [3.63, 3.8) is 0 Å². The van der Waals surface area contributed by atoms with Gasteiger partial charge in [0.2, 0.25) is 0 Å². The minimum atomic E-state index is -4.86. The standard InChI is InChI=1S/C21H17F3N2O4S/c1-26(17-9-3-2-4-10-17)31(28,29)19-12-5-7-15(13-19)20(27)25-16-8-6-11-18(14-16)30-21(22,23)24/h2-14H,1H3,(H,25,27). The lowest BCUT2D eigenvalue weighted by molar-refractivity contribution is -0.274. The van der Waals surface area contributed by atoms with E-state index in [0.29, 0.717) is 5.69 Å². The van der Waals surface area contributed by atoms with Crippen molar-refractivity contribution in [2.24, 2.45) is 0 Å². The molecule has 0 heterocycles. The molecular weight excluding hydrogens is 433 g/mol. The molecule has 3 rings (SSSR count). The van der Waals surface area contributed by atoms with Gasteiger partial charge >= 0.3 is 6.36 Å². The van der Waals surface area contributed by atoms with E-state index in [1.807, 2.05) is 0 Å². The van der Waals surface area contributed by atoms with Gasteiger partial charge in [-0.05, 0) is 42.5 Å². The van der Waals surface area contributed by atoms with Crippen LogP contribution in [-0.4, -0.2) is 27.7 Å². The van der Waals surface area contributed by atoms with Crippen LogP contribution in [0.2, 0.25) is 0 Å². The molecule has 0 fully saturated rings. The summed E-state index contributed by atoms with van der Waals surface area (Å²) in [6.07, 6.45) is -4.86. The van der Waals surface area contributed by atoms with E-state index in [-0.39, 0.29) is 16.1 Å². The Hall–Kier alpha value is -3.53. The van der Waals surface area contributed by atoms with Crippen LogP contribution < -0.4 is 14.4 Å². The maximum Gasteiger partial charge on any atom is 0.573 e. The molecule has 0 unspecified atom stereocenters. The Morgan fingerprint density at radius 3 is 2.29 bits per heavy atom. The van der Waals surface area contributed by atoms with Crippen LogP contribution in [0.15, 0.2) is 83.8 Å². The van der Waals surface area contributed by atoms with E-state index in [1.165, 1.54) is 43.4 Å². The summed E-state index contributed by atoms with van der Waals surface area (Å²) in [6.45, 7) is 0. The van der Waals surface area contributed by atoms with E-state index in [2.05, 4.69) is 10.1 Å². The number of carbonyl (C=O) groups excluding carboxylic acids is 1. The molecule has 31 heavy (non-hydrogen) atoms. The van der Waals surface area contributed by atoms with Gasteiger partial charge in [-0.25, -0.2) is 8.42 Å². The fourth-order valence-electron chi connectivity index (χ4n) is 2.71. The average molecular weight is 450 g/mol. The zero-order valence-electron chi connectivity index (χ0n) is 16.1. The largest absolute Gasteiger partial charge is 0.573 e. The normalized spacial score (nSPS) is 11.6. The molecule has 10 heteroatoms. The second kappa shape index (κ2) is 8.68. The highest BCUT2D eigenvalue weighted by atomic mass is 32.2. The molecule has 6 nitrogen and oxygen atoms in total. The van der Waals surface area contributed by atoms with Gasteiger partial charge in [-0.2, -0.15) is 0 Å². The van der Waals surface area contributed by atoms with Crippen molar-refractivity contribution in [1.29, 1.82) is 0 Å². The molecule has 1 amide bonds. The molecule has 0 aliphatic carbocycles. The van der Waals surface area contributed by atoms with Crippen molar-refractivity contribution in [2.75, 3.05) is 16.7 Å². The molecular formula is C21H17F3N2O4S. The number of halogens is 3. The number of carbonyl (C=O) groups is 1. The van der Waals surface area contributed by atoms with Gasteiger partial charge in [0.1, 0.15) is 5.75 Å². The number of benzene rings is 3. The van der Waals surface area contributed by atoms with Gasteiger partial charge in [-0.15, -0.1) is 13.2 Å². The predicted octanol–water partition coefficient (Wildman–Crippen LogP) is 4.66. The number of para-hydroxylation sites is 1. The van der Waals surface area contributed by atoms with E-state index in [9.17, 15) is 26.4 Å². The summed E-state index contributed by atoms with van der Waals surface area (Å²) in [7, 11) is -2.55. The topological polar surface area (TPSA) is 75.7 Å². The Labute approximate surface area is 176 Å². The molecule has 162 valence electrons. The predicted molar refractivity (Wildman–Crippen MR) is 110 cm³/mol. The average Bonchev–Trinajstić information content (AvgIpc) is 2.73. The van der Waals surface area contributed by atoms with Crippen molar-refractivity contribution in [2.45, 2.75) is 11.3 Å².